The first kappa shape index (κ1) is 15.3. The highest BCUT2D eigenvalue weighted by Gasteiger charge is 2.30. The van der Waals surface area contributed by atoms with Crippen LogP contribution in [0.25, 0.3) is 0 Å². The molecule has 2 aliphatic rings. The quantitative estimate of drug-likeness (QED) is 0.890. The van der Waals surface area contributed by atoms with Gasteiger partial charge in [-0.2, -0.15) is 10.1 Å². The molecule has 1 saturated heterocycles. The summed E-state index contributed by atoms with van der Waals surface area (Å²) >= 11 is 0. The summed E-state index contributed by atoms with van der Waals surface area (Å²) in [7, 11) is 1.62. The lowest BCUT2D eigenvalue weighted by molar-refractivity contribution is 0.0955. The smallest absolute Gasteiger partial charge is 0.271 e. The molecule has 2 aromatic rings. The molecule has 1 aliphatic carbocycles. The minimum atomic E-state index is -0.152. The maximum Gasteiger partial charge on any atom is 0.271 e. The molecule has 0 bridgehead atoms. The number of piperidine rings is 1. The third-order valence-electron chi connectivity index (χ3n) is 4.70. The molecule has 1 N–H and O–H groups in total. The van der Waals surface area contributed by atoms with Crippen molar-refractivity contribution in [2.24, 2.45) is 0 Å². The lowest BCUT2D eigenvalue weighted by Crippen LogP contribution is -2.36. The second kappa shape index (κ2) is 6.35. The Morgan fingerprint density at radius 2 is 2.29 bits per heavy atom. The largest absolute Gasteiger partial charge is 0.354 e. The Morgan fingerprint density at radius 1 is 1.42 bits per heavy atom. The number of nitrogens with one attached hydrogen (secondary N) is 1. The van der Waals surface area contributed by atoms with Crippen molar-refractivity contribution in [1.82, 2.24) is 30.1 Å². The average Bonchev–Trinajstić information content (AvgIpc) is 3.15. The molecule has 1 saturated carbocycles. The molecule has 8 nitrogen and oxygen atoms in total. The van der Waals surface area contributed by atoms with Gasteiger partial charge < -0.3 is 9.84 Å². The lowest BCUT2D eigenvalue weighted by atomic mass is 10.1. The monoisotopic (exact) mass is 330 g/mol. The van der Waals surface area contributed by atoms with E-state index in [0.29, 0.717) is 18.2 Å². The highest BCUT2D eigenvalue weighted by molar-refractivity contribution is 5.91. The number of nitrogens with zero attached hydrogens (tertiary/aromatic N) is 5. The first-order chi connectivity index (χ1) is 11.7. The summed E-state index contributed by atoms with van der Waals surface area (Å²) in [4.78, 5) is 18.5. The van der Waals surface area contributed by atoms with Crippen LogP contribution in [-0.4, -0.2) is 50.9 Å². The molecule has 0 unspecified atom stereocenters. The molecule has 0 spiro atoms. The van der Waals surface area contributed by atoms with E-state index >= 15 is 0 Å². The predicted molar refractivity (Wildman–Crippen MR) is 85.4 cm³/mol. The van der Waals surface area contributed by atoms with Crippen molar-refractivity contribution in [1.29, 1.82) is 0 Å². The van der Waals surface area contributed by atoms with Crippen LogP contribution in [0.3, 0.4) is 0 Å². The van der Waals surface area contributed by atoms with E-state index in [2.05, 4.69) is 25.5 Å². The summed E-state index contributed by atoms with van der Waals surface area (Å²) in [6, 6.07) is 2.03. The van der Waals surface area contributed by atoms with E-state index in [4.69, 9.17) is 4.52 Å². The minimum Gasteiger partial charge on any atom is -0.354 e. The number of hydrogen-bond donors (Lipinski definition) is 1. The Hall–Kier alpha value is -2.22. The van der Waals surface area contributed by atoms with Gasteiger partial charge in [0.25, 0.3) is 5.91 Å². The van der Waals surface area contributed by atoms with Crippen molar-refractivity contribution in [2.75, 3.05) is 20.1 Å². The molecule has 1 aliphatic heterocycles. The summed E-state index contributed by atoms with van der Waals surface area (Å²) in [5.74, 6) is 1.90. The fourth-order valence-electron chi connectivity index (χ4n) is 3.21. The van der Waals surface area contributed by atoms with E-state index in [1.54, 1.807) is 13.1 Å². The molecule has 0 radical (unpaired) electrons. The standard InChI is InChI=1S/C16H22N6O2/c1-17-15(23)13-6-8-22(19-13)12-3-2-7-21(9-12)10-14-18-16(24-20-14)11-4-5-11/h6,8,11-12H,2-5,7,9-10H2,1H3,(H,17,23)/t12-/m0/s1. The van der Waals surface area contributed by atoms with Crippen LogP contribution >= 0.6 is 0 Å². The van der Waals surface area contributed by atoms with Gasteiger partial charge in [-0.05, 0) is 38.3 Å². The maximum atomic E-state index is 11.7. The van der Waals surface area contributed by atoms with E-state index < -0.39 is 0 Å². The van der Waals surface area contributed by atoms with Crippen molar-refractivity contribution in [3.05, 3.63) is 29.7 Å². The zero-order valence-electron chi connectivity index (χ0n) is 13.8. The summed E-state index contributed by atoms with van der Waals surface area (Å²) < 4.78 is 7.24. The number of aromatic nitrogens is 4. The Kier molecular flexibility index (Phi) is 4.05. The van der Waals surface area contributed by atoms with Crippen molar-refractivity contribution in [2.45, 2.75) is 44.2 Å². The van der Waals surface area contributed by atoms with Crippen molar-refractivity contribution in [3.8, 4) is 0 Å². The van der Waals surface area contributed by atoms with Gasteiger partial charge in [-0.25, -0.2) is 0 Å². The fourth-order valence-corrected chi connectivity index (χ4v) is 3.21. The molecule has 128 valence electrons. The molecule has 8 heteroatoms. The molecule has 2 aromatic heterocycles. The second-order valence-electron chi connectivity index (χ2n) is 6.61. The summed E-state index contributed by atoms with van der Waals surface area (Å²) in [5, 5.41) is 11.1. The number of carbonyl (C=O) groups is 1. The molecule has 1 atom stereocenters. The van der Waals surface area contributed by atoms with Gasteiger partial charge in [-0.1, -0.05) is 5.16 Å². The van der Waals surface area contributed by atoms with Gasteiger partial charge in [-0.3, -0.25) is 14.4 Å². The summed E-state index contributed by atoms with van der Waals surface area (Å²) in [6.45, 7) is 2.60. The summed E-state index contributed by atoms with van der Waals surface area (Å²) in [5.41, 5.74) is 0.460. The number of rotatable bonds is 5. The second-order valence-corrected chi connectivity index (χ2v) is 6.61. The van der Waals surface area contributed by atoms with Crippen LogP contribution in [0.15, 0.2) is 16.8 Å². The van der Waals surface area contributed by atoms with Crippen LogP contribution in [-0.2, 0) is 6.54 Å². The van der Waals surface area contributed by atoms with Gasteiger partial charge in [0.1, 0.15) is 5.69 Å². The molecule has 24 heavy (non-hydrogen) atoms. The fraction of sp³-hybridized carbons (Fsp3) is 0.625. The number of carbonyl (C=O) groups excluding carboxylic acids is 1. The Morgan fingerprint density at radius 3 is 3.08 bits per heavy atom. The van der Waals surface area contributed by atoms with Gasteiger partial charge in [0.05, 0.1) is 12.6 Å². The molecular weight excluding hydrogens is 308 g/mol. The van der Waals surface area contributed by atoms with Gasteiger partial charge in [0.15, 0.2) is 5.82 Å². The highest BCUT2D eigenvalue weighted by Crippen LogP contribution is 2.38. The van der Waals surface area contributed by atoms with E-state index in [9.17, 15) is 4.79 Å². The van der Waals surface area contributed by atoms with Gasteiger partial charge in [-0.15, -0.1) is 0 Å². The molecule has 0 aromatic carbocycles. The normalized spacial score (nSPS) is 21.8. The van der Waals surface area contributed by atoms with Gasteiger partial charge in [0.2, 0.25) is 5.89 Å². The average molecular weight is 330 g/mol. The van der Waals surface area contributed by atoms with Crippen molar-refractivity contribution >= 4 is 5.91 Å². The molecular formula is C16H22N6O2. The topological polar surface area (TPSA) is 89.1 Å². The van der Waals surface area contributed by atoms with Crippen LogP contribution in [0, 0.1) is 0 Å². The van der Waals surface area contributed by atoms with Gasteiger partial charge in [0, 0.05) is 25.7 Å². The Bertz CT molecular complexity index is 720. The number of likely N-dealkylation sites (tertiary alicyclic amines) is 1. The SMILES string of the molecule is CNC(=O)c1ccn([C@H]2CCCN(Cc3noc(C4CC4)n3)C2)n1. The van der Waals surface area contributed by atoms with E-state index in [-0.39, 0.29) is 11.9 Å². The highest BCUT2D eigenvalue weighted by atomic mass is 16.5. The molecule has 1 amide bonds. The van der Waals surface area contributed by atoms with Crippen molar-refractivity contribution in [3.63, 3.8) is 0 Å². The Balaban J connectivity index is 1.39. The third kappa shape index (κ3) is 3.19. The van der Waals surface area contributed by atoms with Crippen LogP contribution in [0.4, 0.5) is 0 Å². The maximum absolute atomic E-state index is 11.7. The summed E-state index contributed by atoms with van der Waals surface area (Å²) in [6.07, 6.45) is 6.37. The van der Waals surface area contributed by atoms with E-state index in [1.807, 2.05) is 10.9 Å². The molecule has 4 rings (SSSR count). The van der Waals surface area contributed by atoms with Crippen molar-refractivity contribution < 1.29 is 9.32 Å². The van der Waals surface area contributed by atoms with Crippen LogP contribution < -0.4 is 5.32 Å². The van der Waals surface area contributed by atoms with Crippen LogP contribution in [0.2, 0.25) is 0 Å². The molecule has 3 heterocycles. The first-order valence-corrected chi connectivity index (χ1v) is 8.55. The van der Waals surface area contributed by atoms with Crippen LogP contribution in [0.5, 0.6) is 0 Å². The zero-order chi connectivity index (χ0) is 16.5. The van der Waals surface area contributed by atoms with E-state index in [0.717, 1.165) is 37.6 Å². The first-order valence-electron chi connectivity index (χ1n) is 8.55. The van der Waals surface area contributed by atoms with Crippen LogP contribution in [0.1, 0.15) is 59.8 Å². The zero-order valence-corrected chi connectivity index (χ0v) is 13.8. The number of hydrogen-bond acceptors (Lipinski definition) is 6. The van der Waals surface area contributed by atoms with E-state index in [1.165, 1.54) is 12.8 Å². The van der Waals surface area contributed by atoms with Gasteiger partial charge >= 0.3 is 0 Å². The number of amides is 1. The molecule has 2 fully saturated rings. The minimum absolute atomic E-state index is 0.152. The third-order valence-corrected chi connectivity index (χ3v) is 4.70. The Labute approximate surface area is 140 Å². The predicted octanol–water partition coefficient (Wildman–Crippen LogP) is 1.34. The lowest BCUT2D eigenvalue weighted by Gasteiger charge is -2.31.